The number of hydrogen-bond acceptors (Lipinski definition) is 2. The van der Waals surface area contributed by atoms with Crippen LogP contribution >= 0.6 is 15.9 Å². The quantitative estimate of drug-likeness (QED) is 0.750. The highest BCUT2D eigenvalue weighted by atomic mass is 79.9. The Balaban J connectivity index is 2.15. The van der Waals surface area contributed by atoms with E-state index in [0.717, 1.165) is 4.57 Å². The molecule has 0 fully saturated rings. The molecule has 3 rings (SSSR count). The van der Waals surface area contributed by atoms with E-state index >= 15 is 0 Å². The molecule has 1 heterocycles. The van der Waals surface area contributed by atoms with Gasteiger partial charge in [0.1, 0.15) is 11.6 Å². The maximum atomic E-state index is 13.9. The average Bonchev–Trinajstić information content (AvgIpc) is 2.45. The van der Waals surface area contributed by atoms with E-state index in [1.165, 1.54) is 36.4 Å². The van der Waals surface area contributed by atoms with Gasteiger partial charge in [-0.05, 0) is 35.7 Å². The molecule has 1 aromatic heterocycles. The van der Waals surface area contributed by atoms with Crippen LogP contribution in [-0.2, 0) is 6.54 Å². The largest absolute Gasteiger partial charge is 0.494 e. The first-order valence-corrected chi connectivity index (χ1v) is 7.21. The molecule has 0 atom stereocenters. The third kappa shape index (κ3) is 2.62. The van der Waals surface area contributed by atoms with Crippen molar-refractivity contribution in [3.63, 3.8) is 0 Å². The van der Waals surface area contributed by atoms with E-state index in [4.69, 9.17) is 0 Å². The van der Waals surface area contributed by atoms with Crippen LogP contribution in [0, 0.1) is 11.6 Å². The van der Waals surface area contributed by atoms with Gasteiger partial charge < -0.3 is 5.11 Å². The van der Waals surface area contributed by atoms with Crippen LogP contribution < -0.4 is 5.56 Å². The van der Waals surface area contributed by atoms with Crippen LogP contribution in [0.15, 0.2) is 51.7 Å². The van der Waals surface area contributed by atoms with Crippen molar-refractivity contribution in [2.24, 2.45) is 0 Å². The molecule has 0 aliphatic heterocycles. The SMILES string of the molecule is O=c1cc2cc(F)ccc2c(O)n1Cc1ccc(Br)cc1F. The molecule has 0 spiro atoms. The molecular weight excluding hydrogens is 356 g/mol. The lowest BCUT2D eigenvalue weighted by molar-refractivity contribution is 0.420. The number of fused-ring (bicyclic) bond motifs is 1. The average molecular weight is 366 g/mol. The van der Waals surface area contributed by atoms with Gasteiger partial charge in [0.05, 0.1) is 6.54 Å². The molecule has 0 amide bonds. The van der Waals surface area contributed by atoms with Crippen LogP contribution in [0.3, 0.4) is 0 Å². The summed E-state index contributed by atoms with van der Waals surface area (Å²) in [6.07, 6.45) is 0. The number of nitrogens with zero attached hydrogens (tertiary/aromatic N) is 1. The van der Waals surface area contributed by atoms with E-state index in [9.17, 15) is 18.7 Å². The van der Waals surface area contributed by atoms with E-state index in [1.54, 1.807) is 6.07 Å². The molecule has 0 radical (unpaired) electrons. The number of aromatic nitrogens is 1. The Morgan fingerprint density at radius 3 is 2.59 bits per heavy atom. The van der Waals surface area contributed by atoms with Crippen molar-refractivity contribution in [2.75, 3.05) is 0 Å². The van der Waals surface area contributed by atoms with Crippen molar-refractivity contribution < 1.29 is 13.9 Å². The number of aromatic hydroxyl groups is 1. The number of hydrogen-bond donors (Lipinski definition) is 1. The molecular formula is C16H10BrF2NO2. The molecule has 1 N–H and O–H groups in total. The highest BCUT2D eigenvalue weighted by Crippen LogP contribution is 2.25. The Labute approximate surface area is 132 Å². The fourth-order valence-corrected chi connectivity index (χ4v) is 2.62. The Morgan fingerprint density at radius 1 is 1.09 bits per heavy atom. The fourth-order valence-electron chi connectivity index (χ4n) is 2.29. The molecule has 0 aliphatic rings. The minimum absolute atomic E-state index is 0.114. The maximum absolute atomic E-state index is 13.9. The molecule has 0 aliphatic carbocycles. The molecule has 22 heavy (non-hydrogen) atoms. The van der Waals surface area contributed by atoms with Gasteiger partial charge in [-0.1, -0.05) is 22.0 Å². The summed E-state index contributed by atoms with van der Waals surface area (Å²) in [6, 6.07) is 9.42. The van der Waals surface area contributed by atoms with Gasteiger partial charge in [0.2, 0.25) is 5.88 Å². The summed E-state index contributed by atoms with van der Waals surface area (Å²) in [5, 5.41) is 10.9. The normalized spacial score (nSPS) is 11.0. The summed E-state index contributed by atoms with van der Waals surface area (Å²) in [4.78, 5) is 12.1. The van der Waals surface area contributed by atoms with Gasteiger partial charge in [0.15, 0.2) is 0 Å². The Kier molecular flexibility index (Phi) is 3.70. The highest BCUT2D eigenvalue weighted by Gasteiger charge is 2.12. The van der Waals surface area contributed by atoms with Gasteiger partial charge >= 0.3 is 0 Å². The predicted octanol–water partition coefficient (Wildman–Crippen LogP) is 3.80. The number of halogens is 3. The van der Waals surface area contributed by atoms with Gasteiger partial charge in [-0.15, -0.1) is 0 Å². The van der Waals surface area contributed by atoms with Crippen LogP contribution in [0.5, 0.6) is 5.88 Å². The van der Waals surface area contributed by atoms with E-state index in [0.29, 0.717) is 15.2 Å². The highest BCUT2D eigenvalue weighted by molar-refractivity contribution is 9.10. The molecule has 0 saturated carbocycles. The molecule has 3 aromatic rings. The van der Waals surface area contributed by atoms with Gasteiger partial charge in [-0.2, -0.15) is 0 Å². The first-order valence-electron chi connectivity index (χ1n) is 6.42. The zero-order valence-electron chi connectivity index (χ0n) is 11.2. The zero-order valence-corrected chi connectivity index (χ0v) is 12.8. The minimum Gasteiger partial charge on any atom is -0.494 e. The summed E-state index contributed by atoms with van der Waals surface area (Å²) in [5.74, 6) is -1.30. The first kappa shape index (κ1) is 14.7. The Morgan fingerprint density at radius 2 is 1.86 bits per heavy atom. The van der Waals surface area contributed by atoms with E-state index in [-0.39, 0.29) is 18.0 Å². The molecule has 112 valence electrons. The molecule has 6 heteroatoms. The van der Waals surface area contributed by atoms with Crippen molar-refractivity contribution in [1.82, 2.24) is 4.57 Å². The number of pyridine rings is 1. The summed E-state index contributed by atoms with van der Waals surface area (Å²) in [7, 11) is 0. The van der Waals surface area contributed by atoms with Gasteiger partial charge in [0.25, 0.3) is 5.56 Å². The summed E-state index contributed by atoms with van der Waals surface area (Å²) >= 11 is 3.16. The topological polar surface area (TPSA) is 42.2 Å². The molecule has 0 bridgehead atoms. The Hall–Kier alpha value is -2.21. The van der Waals surface area contributed by atoms with Gasteiger partial charge in [-0.25, -0.2) is 8.78 Å². The molecule has 2 aromatic carbocycles. The van der Waals surface area contributed by atoms with Crippen LogP contribution in [0.25, 0.3) is 10.8 Å². The van der Waals surface area contributed by atoms with Crippen LogP contribution in [0.4, 0.5) is 8.78 Å². The Bertz CT molecular complexity index is 937. The van der Waals surface area contributed by atoms with Crippen LogP contribution in [0.2, 0.25) is 0 Å². The van der Waals surface area contributed by atoms with E-state index in [2.05, 4.69) is 15.9 Å². The molecule has 0 unspecified atom stereocenters. The van der Waals surface area contributed by atoms with Crippen molar-refractivity contribution in [3.05, 3.63) is 74.5 Å². The lowest BCUT2D eigenvalue weighted by Gasteiger charge is -2.12. The van der Waals surface area contributed by atoms with Crippen molar-refractivity contribution in [2.45, 2.75) is 6.54 Å². The lowest BCUT2D eigenvalue weighted by Crippen LogP contribution is -2.20. The molecule has 3 nitrogen and oxygen atoms in total. The molecule has 0 saturated heterocycles. The second-order valence-corrected chi connectivity index (χ2v) is 5.78. The second kappa shape index (κ2) is 5.53. The van der Waals surface area contributed by atoms with Crippen molar-refractivity contribution in [1.29, 1.82) is 0 Å². The van der Waals surface area contributed by atoms with E-state index < -0.39 is 17.2 Å². The van der Waals surface area contributed by atoms with Gasteiger partial charge in [0, 0.05) is 21.5 Å². The van der Waals surface area contributed by atoms with Crippen molar-refractivity contribution in [3.8, 4) is 5.88 Å². The predicted molar refractivity (Wildman–Crippen MR) is 83.0 cm³/mol. The zero-order chi connectivity index (χ0) is 15.9. The van der Waals surface area contributed by atoms with Crippen LogP contribution in [0.1, 0.15) is 5.56 Å². The number of rotatable bonds is 2. The van der Waals surface area contributed by atoms with E-state index in [1.807, 2.05) is 0 Å². The maximum Gasteiger partial charge on any atom is 0.254 e. The second-order valence-electron chi connectivity index (χ2n) is 4.86. The lowest BCUT2D eigenvalue weighted by atomic mass is 10.1. The van der Waals surface area contributed by atoms with Crippen molar-refractivity contribution >= 4 is 26.7 Å². The third-order valence-corrected chi connectivity index (χ3v) is 3.89. The number of benzene rings is 2. The fraction of sp³-hybridized carbons (Fsp3) is 0.0625. The summed E-state index contributed by atoms with van der Waals surface area (Å²) in [5.41, 5.74) is -0.264. The minimum atomic E-state index is -0.530. The first-order chi connectivity index (χ1) is 10.5. The van der Waals surface area contributed by atoms with Gasteiger partial charge in [-0.3, -0.25) is 9.36 Å². The third-order valence-electron chi connectivity index (χ3n) is 3.40. The standard InChI is InChI=1S/C16H10BrF2NO2/c17-11-2-1-9(14(19)7-11)8-20-15(21)6-10-5-12(18)3-4-13(10)16(20)22/h1-7,22H,8H2. The van der Waals surface area contributed by atoms with Crippen LogP contribution in [-0.4, -0.2) is 9.67 Å². The monoisotopic (exact) mass is 365 g/mol. The summed E-state index contributed by atoms with van der Waals surface area (Å²) in [6.45, 7) is -0.114. The summed E-state index contributed by atoms with van der Waals surface area (Å²) < 4.78 is 28.7. The smallest absolute Gasteiger partial charge is 0.254 e.